The van der Waals surface area contributed by atoms with Gasteiger partial charge in [-0.1, -0.05) is 18.2 Å². The summed E-state index contributed by atoms with van der Waals surface area (Å²) in [5, 5.41) is 5.99. The minimum Gasteiger partial charge on any atom is -0.352 e. The Balaban J connectivity index is 1.71. The highest BCUT2D eigenvalue weighted by atomic mass is 19.1. The first-order valence-electron chi connectivity index (χ1n) is 8.58. The van der Waals surface area contributed by atoms with E-state index in [1.165, 1.54) is 12.1 Å². The zero-order valence-corrected chi connectivity index (χ0v) is 14.1. The quantitative estimate of drug-likeness (QED) is 0.682. The molecule has 0 N–H and O–H groups in total. The molecule has 4 rings (SSSR count). The van der Waals surface area contributed by atoms with Crippen molar-refractivity contribution < 1.29 is 4.39 Å². The Morgan fingerprint density at radius 2 is 1.72 bits per heavy atom. The number of hydrogen-bond donors (Lipinski definition) is 0. The lowest BCUT2D eigenvalue weighted by atomic mass is 10.2. The van der Waals surface area contributed by atoms with Crippen LogP contribution >= 0.6 is 0 Å². The Bertz CT molecular complexity index is 876. The summed E-state index contributed by atoms with van der Waals surface area (Å²) in [6, 6.07) is 14.7. The third-order valence-electron chi connectivity index (χ3n) is 4.70. The van der Waals surface area contributed by atoms with Crippen molar-refractivity contribution >= 4 is 16.7 Å². The van der Waals surface area contributed by atoms with Crippen LogP contribution in [0.1, 0.15) is 0 Å². The number of nitrogens with zero attached hydrogens (tertiary/aromatic N) is 4. The normalized spacial score (nSPS) is 15.6. The number of aromatic nitrogens is 2. The average Bonchev–Trinajstić information content (AvgIpc) is 3.03. The molecule has 1 aliphatic rings. The summed E-state index contributed by atoms with van der Waals surface area (Å²) in [5.41, 5.74) is 1.91. The van der Waals surface area contributed by atoms with Crippen LogP contribution < -0.4 is 4.90 Å². The first kappa shape index (κ1) is 15.8. The number of para-hydroxylation sites is 1. The van der Waals surface area contributed by atoms with Gasteiger partial charge in [-0.3, -0.25) is 4.90 Å². The maximum absolute atomic E-state index is 13.3. The number of hydrogen-bond acceptors (Lipinski definition) is 3. The lowest BCUT2D eigenvalue weighted by Gasteiger charge is -2.34. The predicted octanol–water partition coefficient (Wildman–Crippen LogP) is 3.47. The second-order valence-electron chi connectivity index (χ2n) is 6.31. The summed E-state index contributed by atoms with van der Waals surface area (Å²) in [7, 11) is 0. The second-order valence-corrected chi connectivity index (χ2v) is 6.31. The third kappa shape index (κ3) is 3.03. The average molecular weight is 336 g/mol. The van der Waals surface area contributed by atoms with E-state index in [2.05, 4.69) is 28.5 Å². The van der Waals surface area contributed by atoms with Gasteiger partial charge in [-0.2, -0.15) is 0 Å². The Hall–Kier alpha value is -2.66. The third-order valence-corrected chi connectivity index (χ3v) is 4.70. The molecule has 128 valence electrons. The lowest BCUT2D eigenvalue weighted by molar-refractivity contribution is 0.283. The van der Waals surface area contributed by atoms with Crippen LogP contribution in [0, 0.1) is 5.82 Å². The smallest absolute Gasteiger partial charge is 0.159 e. The van der Waals surface area contributed by atoms with E-state index in [0.29, 0.717) is 0 Å². The fraction of sp³-hybridized carbons (Fsp3) is 0.250. The molecule has 2 heterocycles. The number of anilines is 1. The maximum atomic E-state index is 13.3. The topological polar surface area (TPSA) is 24.3 Å². The van der Waals surface area contributed by atoms with E-state index in [-0.39, 0.29) is 5.82 Å². The first-order valence-corrected chi connectivity index (χ1v) is 8.58. The Kier molecular flexibility index (Phi) is 4.24. The van der Waals surface area contributed by atoms with Crippen LogP contribution in [0.15, 0.2) is 61.2 Å². The summed E-state index contributed by atoms with van der Waals surface area (Å²) < 4.78 is 15.2. The highest BCUT2D eigenvalue weighted by Crippen LogP contribution is 2.29. The van der Waals surface area contributed by atoms with Gasteiger partial charge in [0.1, 0.15) is 5.82 Å². The minimum atomic E-state index is -0.237. The van der Waals surface area contributed by atoms with Gasteiger partial charge in [0, 0.05) is 38.1 Å². The summed E-state index contributed by atoms with van der Waals surface area (Å²) >= 11 is 0. The lowest BCUT2D eigenvalue weighted by Crippen LogP contribution is -2.46. The van der Waals surface area contributed by atoms with Gasteiger partial charge in [-0.05, 0) is 36.4 Å². The van der Waals surface area contributed by atoms with Gasteiger partial charge in [-0.15, -0.1) is 11.7 Å². The van der Waals surface area contributed by atoms with Gasteiger partial charge in [0.25, 0.3) is 0 Å². The van der Waals surface area contributed by atoms with Crippen molar-refractivity contribution in [3.63, 3.8) is 0 Å². The standard InChI is InChI=1S/C20H21FN4/c1-2-11-23-12-14-24(15-13-23)20-18-5-3-4-6-19(18)25(22-20)17-9-7-16(21)8-10-17/h2-10H,1,11-15H2. The van der Waals surface area contributed by atoms with Gasteiger partial charge < -0.3 is 4.90 Å². The molecule has 0 aliphatic carbocycles. The van der Waals surface area contributed by atoms with E-state index in [1.807, 2.05) is 22.9 Å². The van der Waals surface area contributed by atoms with Crippen molar-refractivity contribution in [2.24, 2.45) is 0 Å². The first-order chi connectivity index (χ1) is 12.3. The van der Waals surface area contributed by atoms with Crippen molar-refractivity contribution in [2.75, 3.05) is 37.6 Å². The van der Waals surface area contributed by atoms with Gasteiger partial charge in [0.05, 0.1) is 11.2 Å². The molecular weight excluding hydrogens is 315 g/mol. The van der Waals surface area contributed by atoms with Crippen LogP contribution in [-0.2, 0) is 0 Å². The van der Waals surface area contributed by atoms with Crippen molar-refractivity contribution in [2.45, 2.75) is 0 Å². The molecule has 1 aromatic heterocycles. The molecule has 1 fully saturated rings. The maximum Gasteiger partial charge on any atom is 0.159 e. The van der Waals surface area contributed by atoms with E-state index >= 15 is 0 Å². The van der Waals surface area contributed by atoms with Crippen molar-refractivity contribution in [1.29, 1.82) is 0 Å². The van der Waals surface area contributed by atoms with Crippen LogP contribution in [0.3, 0.4) is 0 Å². The largest absolute Gasteiger partial charge is 0.352 e. The molecule has 0 unspecified atom stereocenters. The number of fused-ring (bicyclic) bond motifs is 1. The molecule has 3 aromatic rings. The summed E-state index contributed by atoms with van der Waals surface area (Å²) in [6.07, 6.45) is 1.95. The highest BCUT2D eigenvalue weighted by Gasteiger charge is 2.21. The Labute approximate surface area is 146 Å². The van der Waals surface area contributed by atoms with Gasteiger partial charge in [-0.25, -0.2) is 9.07 Å². The fourth-order valence-electron chi connectivity index (χ4n) is 3.39. The molecule has 0 saturated carbocycles. The van der Waals surface area contributed by atoms with E-state index in [0.717, 1.165) is 55.1 Å². The van der Waals surface area contributed by atoms with E-state index in [1.54, 1.807) is 12.1 Å². The molecule has 0 spiro atoms. The zero-order chi connectivity index (χ0) is 17.2. The van der Waals surface area contributed by atoms with Crippen LogP contribution in [0.2, 0.25) is 0 Å². The van der Waals surface area contributed by atoms with Crippen molar-refractivity contribution in [1.82, 2.24) is 14.7 Å². The predicted molar refractivity (Wildman–Crippen MR) is 99.9 cm³/mol. The Morgan fingerprint density at radius 3 is 2.44 bits per heavy atom. The molecule has 0 atom stereocenters. The number of rotatable bonds is 4. The van der Waals surface area contributed by atoms with Gasteiger partial charge in [0.15, 0.2) is 5.82 Å². The van der Waals surface area contributed by atoms with Gasteiger partial charge >= 0.3 is 0 Å². The number of halogens is 1. The Morgan fingerprint density at radius 1 is 1.00 bits per heavy atom. The zero-order valence-electron chi connectivity index (χ0n) is 14.1. The van der Waals surface area contributed by atoms with Crippen LogP contribution in [0.4, 0.5) is 10.2 Å². The SMILES string of the molecule is C=CCN1CCN(c2nn(-c3ccc(F)cc3)c3ccccc23)CC1. The molecule has 5 heteroatoms. The van der Waals surface area contributed by atoms with Gasteiger partial charge in [0.2, 0.25) is 0 Å². The highest BCUT2D eigenvalue weighted by molar-refractivity contribution is 5.91. The molecule has 0 amide bonds. The summed E-state index contributed by atoms with van der Waals surface area (Å²) in [6.45, 7) is 8.64. The number of benzene rings is 2. The number of piperazine rings is 1. The summed E-state index contributed by atoms with van der Waals surface area (Å²) in [4.78, 5) is 4.73. The van der Waals surface area contributed by atoms with Crippen molar-refractivity contribution in [3.8, 4) is 5.69 Å². The van der Waals surface area contributed by atoms with Crippen LogP contribution in [0.25, 0.3) is 16.6 Å². The second kappa shape index (κ2) is 6.69. The minimum absolute atomic E-state index is 0.237. The van der Waals surface area contributed by atoms with E-state index in [9.17, 15) is 4.39 Å². The molecule has 0 radical (unpaired) electrons. The molecular formula is C20H21FN4. The van der Waals surface area contributed by atoms with Crippen molar-refractivity contribution in [3.05, 3.63) is 67.0 Å². The molecule has 25 heavy (non-hydrogen) atoms. The van der Waals surface area contributed by atoms with Crippen LogP contribution in [0.5, 0.6) is 0 Å². The summed E-state index contributed by atoms with van der Waals surface area (Å²) in [5.74, 6) is 0.761. The molecule has 4 nitrogen and oxygen atoms in total. The molecule has 1 aliphatic heterocycles. The molecule has 2 aromatic carbocycles. The molecule has 0 bridgehead atoms. The molecule has 1 saturated heterocycles. The van der Waals surface area contributed by atoms with E-state index in [4.69, 9.17) is 5.10 Å². The van der Waals surface area contributed by atoms with Crippen LogP contribution in [-0.4, -0.2) is 47.4 Å². The monoisotopic (exact) mass is 336 g/mol. The van der Waals surface area contributed by atoms with E-state index < -0.39 is 0 Å². The fourth-order valence-corrected chi connectivity index (χ4v) is 3.39.